The molecule has 0 aliphatic carbocycles. The van der Waals surface area contributed by atoms with Gasteiger partial charge < -0.3 is 20.3 Å². The lowest BCUT2D eigenvalue weighted by atomic mass is 10.1. The van der Waals surface area contributed by atoms with Crippen LogP contribution in [0.5, 0.6) is 5.75 Å². The first-order valence-electron chi connectivity index (χ1n) is 7.12. The molecule has 5 heteroatoms. The van der Waals surface area contributed by atoms with E-state index in [1.807, 2.05) is 30.0 Å². The number of carbonyl (C=O) groups excluding carboxylic acids is 1. The number of hydrogen-bond donors (Lipinski definition) is 2. The van der Waals surface area contributed by atoms with Crippen LogP contribution >= 0.6 is 0 Å². The Balaban J connectivity index is 1.70. The van der Waals surface area contributed by atoms with Crippen LogP contribution in [0.25, 0.3) is 0 Å². The van der Waals surface area contributed by atoms with Crippen LogP contribution in [0.3, 0.4) is 0 Å². The summed E-state index contributed by atoms with van der Waals surface area (Å²) in [6, 6.07) is 6.06. The lowest BCUT2D eigenvalue weighted by molar-refractivity contribution is 0.206. The van der Waals surface area contributed by atoms with Crippen molar-refractivity contribution < 1.29 is 9.53 Å². The van der Waals surface area contributed by atoms with Gasteiger partial charge in [0.1, 0.15) is 5.75 Å². The van der Waals surface area contributed by atoms with Gasteiger partial charge in [0.15, 0.2) is 0 Å². The number of benzene rings is 1. The molecule has 2 aliphatic heterocycles. The topological polar surface area (TPSA) is 53.6 Å². The van der Waals surface area contributed by atoms with Crippen molar-refractivity contribution >= 4 is 11.7 Å². The van der Waals surface area contributed by atoms with Gasteiger partial charge in [-0.05, 0) is 43.0 Å². The first-order chi connectivity index (χ1) is 9.69. The number of likely N-dealkylation sites (tertiary alicyclic amines) is 1. The van der Waals surface area contributed by atoms with Gasteiger partial charge in [-0.1, -0.05) is 0 Å². The maximum absolute atomic E-state index is 12.4. The lowest BCUT2D eigenvalue weighted by Crippen LogP contribution is -2.41. The highest BCUT2D eigenvalue weighted by atomic mass is 16.5. The van der Waals surface area contributed by atoms with Crippen LogP contribution in [0.4, 0.5) is 10.5 Å². The molecule has 2 amide bonds. The largest absolute Gasteiger partial charge is 0.497 e. The molecule has 2 heterocycles. The summed E-state index contributed by atoms with van der Waals surface area (Å²) in [4.78, 5) is 14.4. The number of anilines is 1. The number of ether oxygens (including phenoxy) is 1. The second kappa shape index (κ2) is 5.32. The van der Waals surface area contributed by atoms with Gasteiger partial charge in [-0.2, -0.15) is 0 Å². The molecule has 2 fully saturated rings. The zero-order valence-corrected chi connectivity index (χ0v) is 12.0. The molecule has 0 bridgehead atoms. The Hall–Kier alpha value is -1.75. The third-order valence-electron chi connectivity index (χ3n) is 4.38. The van der Waals surface area contributed by atoms with Crippen molar-refractivity contribution in [3.05, 3.63) is 23.8 Å². The van der Waals surface area contributed by atoms with E-state index < -0.39 is 0 Å². The van der Waals surface area contributed by atoms with Gasteiger partial charge in [0.2, 0.25) is 0 Å². The molecule has 2 atom stereocenters. The average Bonchev–Trinajstić information content (AvgIpc) is 3.03. The smallest absolute Gasteiger partial charge is 0.322 e. The molecule has 1 aromatic carbocycles. The molecule has 2 aliphatic rings. The number of amides is 2. The SMILES string of the molecule is COc1ccc(NC(=O)N2CC[C@@H]3CNC[C@@H]32)c(C)c1. The quantitative estimate of drug-likeness (QED) is 0.866. The molecule has 0 saturated carbocycles. The molecule has 0 aromatic heterocycles. The Labute approximate surface area is 119 Å². The first kappa shape index (κ1) is 13.2. The number of hydrogen-bond acceptors (Lipinski definition) is 3. The molecular weight excluding hydrogens is 254 g/mol. The average molecular weight is 275 g/mol. The van der Waals surface area contributed by atoms with E-state index >= 15 is 0 Å². The van der Waals surface area contributed by atoms with Gasteiger partial charge >= 0.3 is 6.03 Å². The predicted octanol–water partition coefficient (Wildman–Crippen LogP) is 1.83. The first-order valence-corrected chi connectivity index (χ1v) is 7.12. The molecule has 2 saturated heterocycles. The van der Waals surface area contributed by atoms with Gasteiger partial charge in [-0.25, -0.2) is 4.79 Å². The lowest BCUT2D eigenvalue weighted by Gasteiger charge is -2.24. The van der Waals surface area contributed by atoms with Crippen molar-refractivity contribution in [2.75, 3.05) is 32.1 Å². The maximum Gasteiger partial charge on any atom is 0.322 e. The van der Waals surface area contributed by atoms with Crippen molar-refractivity contribution in [2.45, 2.75) is 19.4 Å². The molecular formula is C15H21N3O2. The van der Waals surface area contributed by atoms with Gasteiger partial charge in [0.25, 0.3) is 0 Å². The Morgan fingerprint density at radius 1 is 1.45 bits per heavy atom. The molecule has 3 rings (SSSR count). The number of rotatable bonds is 2. The van der Waals surface area contributed by atoms with Crippen LogP contribution in [0.15, 0.2) is 18.2 Å². The van der Waals surface area contributed by atoms with Crippen LogP contribution in [0, 0.1) is 12.8 Å². The number of methoxy groups -OCH3 is 1. The summed E-state index contributed by atoms with van der Waals surface area (Å²) in [7, 11) is 1.64. The van der Waals surface area contributed by atoms with E-state index in [1.54, 1.807) is 7.11 Å². The fourth-order valence-corrected chi connectivity index (χ4v) is 3.19. The van der Waals surface area contributed by atoms with Crippen molar-refractivity contribution in [2.24, 2.45) is 5.92 Å². The highest BCUT2D eigenvalue weighted by molar-refractivity contribution is 5.90. The van der Waals surface area contributed by atoms with Crippen molar-refractivity contribution in [1.82, 2.24) is 10.2 Å². The molecule has 5 nitrogen and oxygen atoms in total. The van der Waals surface area contributed by atoms with Crippen LogP contribution in [-0.2, 0) is 0 Å². The second-order valence-electron chi connectivity index (χ2n) is 5.58. The fourth-order valence-electron chi connectivity index (χ4n) is 3.19. The summed E-state index contributed by atoms with van der Waals surface area (Å²) in [6.45, 7) is 4.79. The molecule has 20 heavy (non-hydrogen) atoms. The Kier molecular flexibility index (Phi) is 3.53. The standard InChI is InChI=1S/C15H21N3O2/c1-10-7-12(20-2)3-4-13(10)17-15(19)18-6-5-11-8-16-9-14(11)18/h3-4,7,11,14,16H,5-6,8-9H2,1-2H3,(H,17,19)/t11-,14+/m1/s1. The summed E-state index contributed by atoms with van der Waals surface area (Å²) >= 11 is 0. The Bertz CT molecular complexity index is 518. The van der Waals surface area contributed by atoms with Crippen LogP contribution in [0.1, 0.15) is 12.0 Å². The van der Waals surface area contributed by atoms with Gasteiger partial charge in [-0.3, -0.25) is 0 Å². The van der Waals surface area contributed by atoms with Crippen LogP contribution < -0.4 is 15.4 Å². The highest BCUT2D eigenvalue weighted by Crippen LogP contribution is 2.28. The van der Waals surface area contributed by atoms with Gasteiger partial charge in [0.05, 0.1) is 7.11 Å². The molecule has 108 valence electrons. The normalized spacial score (nSPS) is 24.6. The summed E-state index contributed by atoms with van der Waals surface area (Å²) in [6.07, 6.45) is 1.10. The number of nitrogens with one attached hydrogen (secondary N) is 2. The third-order valence-corrected chi connectivity index (χ3v) is 4.38. The monoisotopic (exact) mass is 275 g/mol. The third kappa shape index (κ3) is 2.33. The van der Waals surface area contributed by atoms with Crippen molar-refractivity contribution in [1.29, 1.82) is 0 Å². The Morgan fingerprint density at radius 3 is 3.05 bits per heavy atom. The van der Waals surface area contributed by atoms with Crippen molar-refractivity contribution in [3.8, 4) is 5.75 Å². The zero-order valence-electron chi connectivity index (χ0n) is 12.0. The summed E-state index contributed by atoms with van der Waals surface area (Å²) in [5.74, 6) is 1.43. The van der Waals surface area contributed by atoms with E-state index in [0.29, 0.717) is 12.0 Å². The molecule has 0 radical (unpaired) electrons. The summed E-state index contributed by atoms with van der Waals surface area (Å²) in [5, 5.41) is 6.38. The summed E-state index contributed by atoms with van der Waals surface area (Å²) < 4.78 is 5.18. The maximum atomic E-state index is 12.4. The molecule has 2 N–H and O–H groups in total. The molecule has 1 aromatic rings. The number of urea groups is 1. The van der Waals surface area contributed by atoms with E-state index in [9.17, 15) is 4.79 Å². The van der Waals surface area contributed by atoms with E-state index in [4.69, 9.17) is 4.74 Å². The van der Waals surface area contributed by atoms with E-state index in [2.05, 4.69) is 10.6 Å². The van der Waals surface area contributed by atoms with Gasteiger partial charge in [-0.15, -0.1) is 0 Å². The minimum Gasteiger partial charge on any atom is -0.497 e. The van der Waals surface area contributed by atoms with E-state index in [1.165, 1.54) is 0 Å². The zero-order chi connectivity index (χ0) is 14.1. The van der Waals surface area contributed by atoms with Crippen LogP contribution in [-0.4, -0.2) is 43.7 Å². The number of aryl methyl sites for hydroxylation is 1. The highest BCUT2D eigenvalue weighted by Gasteiger charge is 2.39. The minimum absolute atomic E-state index is 0.00877. The second-order valence-corrected chi connectivity index (χ2v) is 5.58. The Morgan fingerprint density at radius 2 is 2.30 bits per heavy atom. The van der Waals surface area contributed by atoms with Gasteiger partial charge in [0, 0.05) is 31.4 Å². The van der Waals surface area contributed by atoms with E-state index in [-0.39, 0.29) is 6.03 Å². The van der Waals surface area contributed by atoms with Crippen LogP contribution in [0.2, 0.25) is 0 Å². The summed E-state index contributed by atoms with van der Waals surface area (Å²) in [5.41, 5.74) is 1.86. The van der Waals surface area contributed by atoms with E-state index in [0.717, 1.165) is 43.1 Å². The number of nitrogens with zero attached hydrogens (tertiary/aromatic N) is 1. The number of fused-ring (bicyclic) bond motifs is 1. The minimum atomic E-state index is 0.00877. The van der Waals surface area contributed by atoms with Crippen molar-refractivity contribution in [3.63, 3.8) is 0 Å². The molecule has 0 spiro atoms. The fraction of sp³-hybridized carbons (Fsp3) is 0.533. The predicted molar refractivity (Wildman–Crippen MR) is 78.2 cm³/mol. The number of carbonyl (C=O) groups is 1. The molecule has 0 unspecified atom stereocenters.